The summed E-state index contributed by atoms with van der Waals surface area (Å²) in [6.07, 6.45) is 0. The number of hydrogen-bond acceptors (Lipinski definition) is 2. The monoisotopic (exact) mass is 317 g/mol. The minimum Gasteiger partial charge on any atom is -0.497 e. The number of halogens is 4. The van der Waals surface area contributed by atoms with Gasteiger partial charge in [0.1, 0.15) is 17.4 Å². The van der Waals surface area contributed by atoms with Crippen molar-refractivity contribution in [1.29, 1.82) is 0 Å². The van der Waals surface area contributed by atoms with Crippen molar-refractivity contribution in [3.63, 3.8) is 0 Å². The summed E-state index contributed by atoms with van der Waals surface area (Å²) in [5, 5.41) is 0.618. The fourth-order valence-electron chi connectivity index (χ4n) is 1.85. The minimum atomic E-state index is -0.990. The standard InChI is InChI=1S/C14H11Cl2F2NO/c1-20-8-5-11(17)13(12(18)6-8)14(19)7-2-3-9(15)10(16)4-7/h2-6,14H,19H2,1H3. The largest absolute Gasteiger partial charge is 0.497 e. The van der Waals surface area contributed by atoms with Gasteiger partial charge in [-0.15, -0.1) is 0 Å². The van der Waals surface area contributed by atoms with Crippen molar-refractivity contribution in [2.75, 3.05) is 7.11 Å². The molecule has 0 aromatic heterocycles. The molecule has 0 fully saturated rings. The van der Waals surface area contributed by atoms with Gasteiger partial charge in [0, 0.05) is 17.7 Å². The van der Waals surface area contributed by atoms with Gasteiger partial charge in [-0.05, 0) is 17.7 Å². The van der Waals surface area contributed by atoms with E-state index in [4.69, 9.17) is 33.7 Å². The van der Waals surface area contributed by atoms with Gasteiger partial charge >= 0.3 is 0 Å². The molecule has 1 atom stereocenters. The second kappa shape index (κ2) is 5.95. The van der Waals surface area contributed by atoms with Crippen LogP contribution in [-0.4, -0.2) is 7.11 Å². The highest BCUT2D eigenvalue weighted by Crippen LogP contribution is 2.31. The van der Waals surface area contributed by atoms with Crippen LogP contribution in [0.3, 0.4) is 0 Å². The summed E-state index contributed by atoms with van der Waals surface area (Å²) in [6, 6.07) is 5.75. The van der Waals surface area contributed by atoms with Crippen LogP contribution in [0.2, 0.25) is 10.0 Å². The third-order valence-electron chi connectivity index (χ3n) is 2.90. The summed E-state index contributed by atoms with van der Waals surface area (Å²) in [4.78, 5) is 0. The van der Waals surface area contributed by atoms with E-state index in [2.05, 4.69) is 0 Å². The molecule has 0 aliphatic heterocycles. The van der Waals surface area contributed by atoms with E-state index >= 15 is 0 Å². The molecule has 0 saturated heterocycles. The number of methoxy groups -OCH3 is 1. The van der Waals surface area contributed by atoms with E-state index in [0.29, 0.717) is 10.6 Å². The van der Waals surface area contributed by atoms with Crippen molar-refractivity contribution in [1.82, 2.24) is 0 Å². The molecule has 2 nitrogen and oxygen atoms in total. The number of ether oxygens (including phenoxy) is 1. The van der Waals surface area contributed by atoms with Gasteiger partial charge in [-0.2, -0.15) is 0 Å². The van der Waals surface area contributed by atoms with Crippen LogP contribution in [0.4, 0.5) is 8.78 Å². The Morgan fingerprint density at radius 3 is 2.15 bits per heavy atom. The fourth-order valence-corrected chi connectivity index (χ4v) is 2.16. The van der Waals surface area contributed by atoms with Crippen LogP contribution in [0.5, 0.6) is 5.75 Å². The average molecular weight is 318 g/mol. The van der Waals surface area contributed by atoms with Crippen molar-refractivity contribution in [3.05, 3.63) is 63.1 Å². The van der Waals surface area contributed by atoms with Gasteiger partial charge < -0.3 is 10.5 Å². The van der Waals surface area contributed by atoms with Gasteiger partial charge in [-0.1, -0.05) is 29.3 Å². The Morgan fingerprint density at radius 1 is 1.05 bits per heavy atom. The smallest absolute Gasteiger partial charge is 0.134 e. The first kappa shape index (κ1) is 15.0. The maximum Gasteiger partial charge on any atom is 0.134 e. The van der Waals surface area contributed by atoms with Gasteiger partial charge in [-0.25, -0.2) is 8.78 Å². The number of benzene rings is 2. The zero-order chi connectivity index (χ0) is 14.9. The summed E-state index contributed by atoms with van der Waals surface area (Å²) in [5.41, 5.74) is 6.12. The molecule has 0 heterocycles. The van der Waals surface area contributed by atoms with Crippen LogP contribution >= 0.6 is 23.2 Å². The van der Waals surface area contributed by atoms with Crippen LogP contribution in [-0.2, 0) is 0 Å². The Hall–Kier alpha value is -1.36. The van der Waals surface area contributed by atoms with E-state index in [1.54, 1.807) is 6.07 Å². The van der Waals surface area contributed by atoms with E-state index in [1.165, 1.54) is 19.2 Å². The summed E-state index contributed by atoms with van der Waals surface area (Å²) in [5.74, 6) is -1.47. The normalized spacial score (nSPS) is 12.3. The Bertz CT molecular complexity index is 626. The predicted octanol–water partition coefficient (Wildman–Crippen LogP) is 4.33. The Morgan fingerprint density at radius 2 is 1.65 bits per heavy atom. The minimum absolute atomic E-state index is 0.0880. The third kappa shape index (κ3) is 2.87. The molecule has 2 aromatic rings. The second-order valence-electron chi connectivity index (χ2n) is 4.16. The molecular formula is C14H11Cl2F2NO. The van der Waals surface area contributed by atoms with Crippen LogP contribution < -0.4 is 10.5 Å². The molecule has 0 saturated carbocycles. The van der Waals surface area contributed by atoms with Crippen molar-refractivity contribution in [3.8, 4) is 5.75 Å². The van der Waals surface area contributed by atoms with Crippen molar-refractivity contribution in [2.24, 2.45) is 5.73 Å². The van der Waals surface area contributed by atoms with Crippen molar-refractivity contribution < 1.29 is 13.5 Å². The lowest BCUT2D eigenvalue weighted by molar-refractivity contribution is 0.404. The predicted molar refractivity (Wildman–Crippen MR) is 75.4 cm³/mol. The maximum absolute atomic E-state index is 14.0. The van der Waals surface area contributed by atoms with E-state index in [0.717, 1.165) is 12.1 Å². The number of rotatable bonds is 3. The van der Waals surface area contributed by atoms with E-state index in [-0.39, 0.29) is 16.3 Å². The van der Waals surface area contributed by atoms with Gasteiger partial charge in [0.25, 0.3) is 0 Å². The van der Waals surface area contributed by atoms with Gasteiger partial charge in [-0.3, -0.25) is 0 Å². The summed E-state index contributed by atoms with van der Waals surface area (Å²) < 4.78 is 32.7. The molecule has 0 aliphatic carbocycles. The first-order chi connectivity index (χ1) is 9.43. The lowest BCUT2D eigenvalue weighted by atomic mass is 9.98. The van der Waals surface area contributed by atoms with Gasteiger partial charge in [0.05, 0.1) is 23.2 Å². The Labute approximate surface area is 125 Å². The molecule has 1 unspecified atom stereocenters. The second-order valence-corrected chi connectivity index (χ2v) is 4.97. The summed E-state index contributed by atoms with van der Waals surface area (Å²) in [6.45, 7) is 0. The molecule has 20 heavy (non-hydrogen) atoms. The fraction of sp³-hybridized carbons (Fsp3) is 0.143. The Balaban J connectivity index is 2.47. The summed E-state index contributed by atoms with van der Waals surface area (Å²) in [7, 11) is 1.33. The van der Waals surface area contributed by atoms with E-state index in [9.17, 15) is 8.78 Å². The lowest BCUT2D eigenvalue weighted by Gasteiger charge is -2.16. The molecule has 2 N–H and O–H groups in total. The lowest BCUT2D eigenvalue weighted by Crippen LogP contribution is -2.16. The highest BCUT2D eigenvalue weighted by molar-refractivity contribution is 6.42. The van der Waals surface area contributed by atoms with E-state index in [1.807, 2.05) is 0 Å². The molecule has 6 heteroatoms. The maximum atomic E-state index is 14.0. The Kier molecular flexibility index (Phi) is 4.48. The SMILES string of the molecule is COc1cc(F)c(C(N)c2ccc(Cl)c(Cl)c2)c(F)c1. The molecule has 2 aromatic carbocycles. The molecule has 2 rings (SSSR count). The molecule has 0 aliphatic rings. The third-order valence-corrected chi connectivity index (χ3v) is 3.64. The number of nitrogens with two attached hydrogens (primary N) is 1. The van der Waals surface area contributed by atoms with Crippen LogP contribution in [0.25, 0.3) is 0 Å². The molecule has 106 valence electrons. The molecule has 0 amide bonds. The van der Waals surface area contributed by atoms with Crippen molar-refractivity contribution in [2.45, 2.75) is 6.04 Å². The number of hydrogen-bond donors (Lipinski definition) is 1. The molecule has 0 spiro atoms. The first-order valence-corrected chi connectivity index (χ1v) is 6.43. The quantitative estimate of drug-likeness (QED) is 0.914. The highest BCUT2D eigenvalue weighted by Gasteiger charge is 2.20. The first-order valence-electron chi connectivity index (χ1n) is 5.67. The highest BCUT2D eigenvalue weighted by atomic mass is 35.5. The zero-order valence-corrected chi connectivity index (χ0v) is 12.0. The van der Waals surface area contributed by atoms with E-state index < -0.39 is 17.7 Å². The topological polar surface area (TPSA) is 35.2 Å². The van der Waals surface area contributed by atoms with Crippen LogP contribution in [0.15, 0.2) is 30.3 Å². The van der Waals surface area contributed by atoms with Crippen LogP contribution in [0, 0.1) is 11.6 Å². The van der Waals surface area contributed by atoms with Gasteiger partial charge in [0.15, 0.2) is 0 Å². The molecule has 0 radical (unpaired) electrons. The molecular weight excluding hydrogens is 307 g/mol. The van der Waals surface area contributed by atoms with Crippen LogP contribution in [0.1, 0.15) is 17.2 Å². The summed E-state index contributed by atoms with van der Waals surface area (Å²) >= 11 is 11.7. The van der Waals surface area contributed by atoms with Gasteiger partial charge in [0.2, 0.25) is 0 Å². The zero-order valence-electron chi connectivity index (χ0n) is 10.5. The molecule has 0 bridgehead atoms. The average Bonchev–Trinajstić information content (AvgIpc) is 2.40. The van der Waals surface area contributed by atoms with Crippen molar-refractivity contribution >= 4 is 23.2 Å².